The molecule has 0 radical (unpaired) electrons. The first-order valence-electron chi connectivity index (χ1n) is 7.38. The molecular formula is C16H16BrN3O4S. The fourth-order valence-corrected chi connectivity index (χ4v) is 4.87. The summed E-state index contributed by atoms with van der Waals surface area (Å²) in [5.41, 5.74) is 10.3. The number of carbonyl (C=O) groups is 1. The summed E-state index contributed by atoms with van der Waals surface area (Å²) in [6.45, 7) is 1.86. The number of amides is 1. The molecule has 1 heterocycles. The highest BCUT2D eigenvalue weighted by atomic mass is 79.9. The van der Waals surface area contributed by atoms with Gasteiger partial charge in [-0.1, -0.05) is 12.1 Å². The zero-order valence-corrected chi connectivity index (χ0v) is 15.7. The standard InChI is InChI=1S/C16H16BrN3O4S/c1-9-5-6-10(17)11(7-9)24-16(15(19)21)8-12(16)25(22,23)14-4-2-3-13(18)20-14/h2-7,12H,8H2,1H3,(H2,18,20)(H2,19,21). The summed E-state index contributed by atoms with van der Waals surface area (Å²) in [7, 11) is -3.92. The number of nitrogen functional groups attached to an aromatic ring is 1. The van der Waals surface area contributed by atoms with E-state index in [1.807, 2.05) is 13.0 Å². The molecule has 9 heteroatoms. The topological polar surface area (TPSA) is 125 Å². The van der Waals surface area contributed by atoms with Crippen LogP contribution in [0.5, 0.6) is 5.75 Å². The van der Waals surface area contributed by atoms with E-state index in [2.05, 4.69) is 20.9 Å². The van der Waals surface area contributed by atoms with Crippen molar-refractivity contribution in [1.29, 1.82) is 0 Å². The Kier molecular flexibility index (Phi) is 4.24. The van der Waals surface area contributed by atoms with Gasteiger partial charge < -0.3 is 16.2 Å². The highest BCUT2D eigenvalue weighted by molar-refractivity contribution is 9.10. The lowest BCUT2D eigenvalue weighted by molar-refractivity contribution is -0.126. The van der Waals surface area contributed by atoms with Crippen LogP contribution in [0.25, 0.3) is 0 Å². The number of hydrogen-bond donors (Lipinski definition) is 2. The van der Waals surface area contributed by atoms with Crippen molar-refractivity contribution in [2.24, 2.45) is 5.73 Å². The predicted octanol–water partition coefficient (Wildman–Crippen LogP) is 1.58. The van der Waals surface area contributed by atoms with Gasteiger partial charge in [-0.25, -0.2) is 13.4 Å². The summed E-state index contributed by atoms with van der Waals surface area (Å²) in [6, 6.07) is 9.61. The molecule has 1 amide bonds. The number of anilines is 1. The second-order valence-corrected chi connectivity index (χ2v) is 8.86. The van der Waals surface area contributed by atoms with Crippen LogP contribution in [-0.2, 0) is 14.6 Å². The summed E-state index contributed by atoms with van der Waals surface area (Å²) >= 11 is 3.33. The van der Waals surface area contributed by atoms with Crippen molar-refractivity contribution in [2.75, 3.05) is 5.73 Å². The van der Waals surface area contributed by atoms with Gasteiger partial charge in [0.2, 0.25) is 15.4 Å². The van der Waals surface area contributed by atoms with Crippen LogP contribution in [-0.4, -0.2) is 30.2 Å². The van der Waals surface area contributed by atoms with Crippen molar-refractivity contribution >= 4 is 37.5 Å². The van der Waals surface area contributed by atoms with Crippen LogP contribution in [0.4, 0.5) is 5.82 Å². The van der Waals surface area contributed by atoms with Crippen molar-refractivity contribution < 1.29 is 17.9 Å². The Morgan fingerprint density at radius 2 is 2.08 bits per heavy atom. The second-order valence-electron chi connectivity index (χ2n) is 5.93. The molecule has 0 bridgehead atoms. The smallest absolute Gasteiger partial charge is 0.263 e. The monoisotopic (exact) mass is 425 g/mol. The Labute approximate surface area is 153 Å². The van der Waals surface area contributed by atoms with Gasteiger partial charge in [-0.2, -0.15) is 0 Å². The molecule has 2 aromatic rings. The predicted molar refractivity (Wildman–Crippen MR) is 95.7 cm³/mol. The highest BCUT2D eigenvalue weighted by Gasteiger charge is 2.69. The van der Waals surface area contributed by atoms with E-state index in [4.69, 9.17) is 16.2 Å². The van der Waals surface area contributed by atoms with E-state index in [-0.39, 0.29) is 17.3 Å². The van der Waals surface area contributed by atoms with Crippen LogP contribution in [0.2, 0.25) is 0 Å². The zero-order valence-electron chi connectivity index (χ0n) is 13.3. The number of halogens is 1. The van der Waals surface area contributed by atoms with Gasteiger partial charge in [-0.05, 0) is 52.7 Å². The van der Waals surface area contributed by atoms with Gasteiger partial charge in [0.15, 0.2) is 5.03 Å². The molecule has 1 aliphatic carbocycles. The number of sulfone groups is 1. The normalized spacial score (nSPS) is 22.4. The van der Waals surface area contributed by atoms with Crippen LogP contribution >= 0.6 is 15.9 Å². The molecule has 2 unspecified atom stereocenters. The number of nitrogens with two attached hydrogens (primary N) is 2. The molecule has 0 saturated heterocycles. The third kappa shape index (κ3) is 3.09. The first-order valence-corrected chi connectivity index (χ1v) is 9.72. The molecule has 0 spiro atoms. The minimum atomic E-state index is -3.92. The molecule has 25 heavy (non-hydrogen) atoms. The van der Waals surface area contributed by atoms with Gasteiger partial charge in [-0.3, -0.25) is 4.79 Å². The first kappa shape index (κ1) is 17.7. The molecule has 4 N–H and O–H groups in total. The Bertz CT molecular complexity index is 964. The molecule has 132 valence electrons. The van der Waals surface area contributed by atoms with Crippen LogP contribution < -0.4 is 16.2 Å². The lowest BCUT2D eigenvalue weighted by Crippen LogP contribution is -2.41. The molecule has 1 aromatic carbocycles. The van der Waals surface area contributed by atoms with Crippen LogP contribution in [0, 0.1) is 6.92 Å². The lowest BCUT2D eigenvalue weighted by atomic mass is 10.2. The maximum Gasteiger partial charge on any atom is 0.263 e. The SMILES string of the molecule is Cc1ccc(Br)c(OC2(C(N)=O)CC2S(=O)(=O)c2cccc(N)n2)c1. The quantitative estimate of drug-likeness (QED) is 0.748. The molecule has 1 aliphatic rings. The second kappa shape index (κ2) is 5.99. The van der Waals surface area contributed by atoms with Gasteiger partial charge in [0.1, 0.15) is 16.8 Å². The fraction of sp³-hybridized carbons (Fsp3) is 0.250. The number of benzene rings is 1. The van der Waals surface area contributed by atoms with Crippen molar-refractivity contribution in [3.05, 3.63) is 46.4 Å². The van der Waals surface area contributed by atoms with E-state index in [1.165, 1.54) is 18.2 Å². The summed E-state index contributed by atoms with van der Waals surface area (Å²) in [4.78, 5) is 15.9. The summed E-state index contributed by atoms with van der Waals surface area (Å²) in [6.07, 6.45) is -0.0402. The molecular weight excluding hydrogens is 410 g/mol. The van der Waals surface area contributed by atoms with E-state index in [9.17, 15) is 13.2 Å². The molecule has 2 atom stereocenters. The average Bonchev–Trinajstić information content (AvgIpc) is 3.28. The number of hydrogen-bond acceptors (Lipinski definition) is 6. The molecule has 7 nitrogen and oxygen atoms in total. The maximum atomic E-state index is 12.8. The Balaban J connectivity index is 1.97. The number of carbonyl (C=O) groups excluding carboxylic acids is 1. The van der Waals surface area contributed by atoms with Gasteiger partial charge in [-0.15, -0.1) is 0 Å². The summed E-state index contributed by atoms with van der Waals surface area (Å²) in [5, 5.41) is -1.31. The third-order valence-corrected chi connectivity index (χ3v) is 6.82. The number of aromatic nitrogens is 1. The molecule has 1 aromatic heterocycles. The number of primary amides is 1. The molecule has 3 rings (SSSR count). The Hall–Kier alpha value is -2.13. The van der Waals surface area contributed by atoms with E-state index in [0.717, 1.165) is 5.56 Å². The zero-order chi connectivity index (χ0) is 18.4. The highest BCUT2D eigenvalue weighted by Crippen LogP contribution is 2.48. The van der Waals surface area contributed by atoms with Crippen molar-refractivity contribution in [3.8, 4) is 5.75 Å². The van der Waals surface area contributed by atoms with Crippen molar-refractivity contribution in [1.82, 2.24) is 4.98 Å². The van der Waals surface area contributed by atoms with Gasteiger partial charge in [0, 0.05) is 6.42 Å². The summed E-state index contributed by atoms with van der Waals surface area (Å²) < 4.78 is 32.0. The maximum absolute atomic E-state index is 12.8. The Morgan fingerprint density at radius 3 is 2.72 bits per heavy atom. The van der Waals surface area contributed by atoms with Crippen molar-refractivity contribution in [2.45, 2.75) is 29.2 Å². The summed E-state index contributed by atoms with van der Waals surface area (Å²) in [5.74, 6) is -0.399. The first-order chi connectivity index (χ1) is 11.7. The number of nitrogens with zero attached hydrogens (tertiary/aromatic N) is 1. The number of rotatable bonds is 5. The van der Waals surface area contributed by atoms with Crippen molar-refractivity contribution in [3.63, 3.8) is 0 Å². The molecule has 0 aliphatic heterocycles. The van der Waals surface area contributed by atoms with Gasteiger partial charge >= 0.3 is 0 Å². The van der Waals surface area contributed by atoms with E-state index < -0.39 is 26.6 Å². The number of ether oxygens (including phenoxy) is 1. The fourth-order valence-electron chi connectivity index (χ4n) is 2.61. The molecule has 1 saturated carbocycles. The van der Waals surface area contributed by atoms with Gasteiger partial charge in [0.05, 0.1) is 4.47 Å². The lowest BCUT2D eigenvalue weighted by Gasteiger charge is -2.18. The van der Waals surface area contributed by atoms with Gasteiger partial charge in [0.25, 0.3) is 5.91 Å². The minimum Gasteiger partial charge on any atom is -0.475 e. The Morgan fingerprint density at radius 1 is 1.36 bits per heavy atom. The van der Waals surface area contributed by atoms with E-state index in [1.54, 1.807) is 12.1 Å². The largest absolute Gasteiger partial charge is 0.475 e. The van der Waals surface area contributed by atoms with E-state index >= 15 is 0 Å². The number of aryl methyl sites for hydroxylation is 1. The van der Waals surface area contributed by atoms with Crippen LogP contribution in [0.3, 0.4) is 0 Å². The molecule has 1 fully saturated rings. The minimum absolute atomic E-state index is 0.0402. The van der Waals surface area contributed by atoms with Crippen LogP contribution in [0.15, 0.2) is 45.9 Å². The third-order valence-electron chi connectivity index (χ3n) is 4.06. The average molecular weight is 426 g/mol. The number of pyridine rings is 1. The van der Waals surface area contributed by atoms with Crippen LogP contribution in [0.1, 0.15) is 12.0 Å². The van der Waals surface area contributed by atoms with E-state index in [0.29, 0.717) is 10.2 Å².